The summed E-state index contributed by atoms with van der Waals surface area (Å²) in [6.07, 6.45) is 1.54. The molecule has 29 heavy (non-hydrogen) atoms. The normalized spacial score (nSPS) is 12.0. The number of ether oxygens (including phenoxy) is 3. The Morgan fingerprint density at radius 3 is 2.28 bits per heavy atom. The molecular weight excluding hydrogens is 374 g/mol. The number of carbonyl (C=O) groups is 3. The van der Waals surface area contributed by atoms with Gasteiger partial charge in [-0.15, -0.1) is 0 Å². The molecule has 0 spiro atoms. The molecule has 162 valence electrons. The van der Waals surface area contributed by atoms with Crippen molar-refractivity contribution in [3.05, 3.63) is 35.9 Å². The molecular formula is C22H33NO6. The van der Waals surface area contributed by atoms with Gasteiger partial charge in [0.15, 0.2) is 0 Å². The molecule has 0 aliphatic heterocycles. The van der Waals surface area contributed by atoms with Crippen LogP contribution in [0, 0.1) is 0 Å². The summed E-state index contributed by atoms with van der Waals surface area (Å²) < 4.78 is 15.6. The third kappa shape index (κ3) is 9.45. The molecule has 7 heteroatoms. The summed E-state index contributed by atoms with van der Waals surface area (Å²) in [6.45, 7) is 7.60. The molecule has 0 radical (unpaired) electrons. The van der Waals surface area contributed by atoms with Crippen molar-refractivity contribution in [2.45, 2.75) is 71.6 Å². The number of amides is 1. The molecule has 0 saturated carbocycles. The van der Waals surface area contributed by atoms with Gasteiger partial charge < -0.3 is 14.2 Å². The van der Waals surface area contributed by atoms with Crippen LogP contribution in [0.3, 0.4) is 0 Å². The van der Waals surface area contributed by atoms with Crippen LogP contribution in [0.2, 0.25) is 0 Å². The predicted octanol–water partition coefficient (Wildman–Crippen LogP) is 4.09. The van der Waals surface area contributed by atoms with Gasteiger partial charge in [0.05, 0.1) is 13.5 Å². The van der Waals surface area contributed by atoms with Gasteiger partial charge in [0.25, 0.3) is 0 Å². The average Bonchev–Trinajstić information content (AvgIpc) is 2.67. The summed E-state index contributed by atoms with van der Waals surface area (Å²) in [5.74, 6) is -1.25. The van der Waals surface area contributed by atoms with Crippen molar-refractivity contribution in [2.24, 2.45) is 0 Å². The van der Waals surface area contributed by atoms with Crippen LogP contribution in [0.5, 0.6) is 0 Å². The van der Waals surface area contributed by atoms with E-state index in [1.54, 1.807) is 20.8 Å². The monoisotopic (exact) mass is 407 g/mol. The highest BCUT2D eigenvalue weighted by atomic mass is 16.6. The minimum Gasteiger partial charge on any atom is -0.460 e. The first-order valence-electron chi connectivity index (χ1n) is 9.95. The first-order valence-corrected chi connectivity index (χ1v) is 9.95. The molecule has 1 unspecified atom stereocenters. The number of nitrogens with zero attached hydrogens (tertiary/aromatic N) is 1. The highest BCUT2D eigenvalue weighted by molar-refractivity contribution is 5.86. The lowest BCUT2D eigenvalue weighted by Crippen LogP contribution is -2.48. The van der Waals surface area contributed by atoms with Crippen molar-refractivity contribution in [3.63, 3.8) is 0 Å². The Bertz CT molecular complexity index is 653. The molecule has 1 atom stereocenters. The summed E-state index contributed by atoms with van der Waals surface area (Å²) in [4.78, 5) is 38.8. The second-order valence-corrected chi connectivity index (χ2v) is 7.77. The number of methoxy groups -OCH3 is 1. The van der Waals surface area contributed by atoms with Crippen LogP contribution in [-0.2, 0) is 30.4 Å². The Labute approximate surface area is 173 Å². The molecule has 7 nitrogen and oxygen atoms in total. The maximum Gasteiger partial charge on any atom is 0.410 e. The summed E-state index contributed by atoms with van der Waals surface area (Å²) >= 11 is 0. The van der Waals surface area contributed by atoms with Crippen LogP contribution in [0.25, 0.3) is 0 Å². The van der Waals surface area contributed by atoms with Gasteiger partial charge in [-0.05, 0) is 32.8 Å². The van der Waals surface area contributed by atoms with E-state index in [0.717, 1.165) is 18.4 Å². The van der Waals surface area contributed by atoms with Crippen molar-refractivity contribution in [2.75, 3.05) is 13.7 Å². The lowest BCUT2D eigenvalue weighted by Gasteiger charge is -2.29. The Kier molecular flexibility index (Phi) is 10.2. The maximum atomic E-state index is 12.8. The number of rotatable bonds is 10. The van der Waals surface area contributed by atoms with Gasteiger partial charge in [0.2, 0.25) is 0 Å². The van der Waals surface area contributed by atoms with Gasteiger partial charge >= 0.3 is 18.0 Å². The van der Waals surface area contributed by atoms with E-state index in [9.17, 15) is 14.4 Å². The lowest BCUT2D eigenvalue weighted by molar-refractivity contribution is -0.162. The molecule has 1 aromatic carbocycles. The quantitative estimate of drug-likeness (QED) is 0.330. The zero-order valence-electron chi connectivity index (χ0n) is 18.1. The molecule has 0 N–H and O–H groups in total. The molecule has 1 amide bonds. The molecule has 0 saturated heterocycles. The van der Waals surface area contributed by atoms with E-state index in [-0.39, 0.29) is 19.6 Å². The van der Waals surface area contributed by atoms with Gasteiger partial charge in [-0.25, -0.2) is 9.59 Å². The minimum atomic E-state index is -1.11. The van der Waals surface area contributed by atoms with Crippen LogP contribution >= 0.6 is 0 Å². The van der Waals surface area contributed by atoms with E-state index in [0.29, 0.717) is 6.42 Å². The van der Waals surface area contributed by atoms with Crippen molar-refractivity contribution in [1.82, 2.24) is 4.90 Å². The van der Waals surface area contributed by atoms with Crippen LogP contribution in [-0.4, -0.2) is 48.2 Å². The fraction of sp³-hybridized carbons (Fsp3) is 0.591. The minimum absolute atomic E-state index is 0.0501. The summed E-state index contributed by atoms with van der Waals surface area (Å²) in [7, 11) is 1.25. The first kappa shape index (κ1) is 24.5. The van der Waals surface area contributed by atoms with Crippen LogP contribution in [0.4, 0.5) is 4.79 Å². The second kappa shape index (κ2) is 12.1. The predicted molar refractivity (Wildman–Crippen MR) is 109 cm³/mol. The van der Waals surface area contributed by atoms with Crippen LogP contribution in [0.15, 0.2) is 30.3 Å². The number of hydrogen-bond acceptors (Lipinski definition) is 6. The Balaban J connectivity index is 2.98. The topological polar surface area (TPSA) is 82.1 Å². The number of unbranched alkanes of at least 4 members (excludes halogenated alkanes) is 2. The fourth-order valence-electron chi connectivity index (χ4n) is 2.71. The van der Waals surface area contributed by atoms with E-state index in [1.807, 2.05) is 37.3 Å². The van der Waals surface area contributed by atoms with E-state index in [1.165, 1.54) is 12.0 Å². The Hall–Kier alpha value is -2.57. The Morgan fingerprint density at radius 2 is 1.72 bits per heavy atom. The summed E-state index contributed by atoms with van der Waals surface area (Å²) in [5, 5.41) is 0. The highest BCUT2D eigenvalue weighted by Gasteiger charge is 2.35. The molecule has 0 aliphatic carbocycles. The molecule has 0 heterocycles. The highest BCUT2D eigenvalue weighted by Crippen LogP contribution is 2.16. The molecule has 0 bridgehead atoms. The third-order valence-corrected chi connectivity index (χ3v) is 4.06. The SMILES string of the molecule is CCCCCN(C(=O)OC)C(CC(=O)OC(C)(C)C)C(=O)OCc1ccccc1. The van der Waals surface area contributed by atoms with Crippen LogP contribution in [0.1, 0.15) is 58.9 Å². The third-order valence-electron chi connectivity index (χ3n) is 4.06. The molecule has 1 rings (SSSR count). The van der Waals surface area contributed by atoms with Crippen LogP contribution < -0.4 is 0 Å². The van der Waals surface area contributed by atoms with Crippen molar-refractivity contribution in [3.8, 4) is 0 Å². The summed E-state index contributed by atoms with van der Waals surface area (Å²) in [5.41, 5.74) is 0.112. The summed E-state index contributed by atoms with van der Waals surface area (Å²) in [6, 6.07) is 8.09. The lowest BCUT2D eigenvalue weighted by atomic mass is 10.1. The molecule has 0 aliphatic rings. The van der Waals surface area contributed by atoms with Gasteiger partial charge in [-0.1, -0.05) is 50.1 Å². The fourth-order valence-corrected chi connectivity index (χ4v) is 2.71. The second-order valence-electron chi connectivity index (χ2n) is 7.77. The van der Waals surface area contributed by atoms with Crippen molar-refractivity contribution >= 4 is 18.0 Å². The number of hydrogen-bond donors (Lipinski definition) is 0. The first-order chi connectivity index (χ1) is 13.7. The molecule has 0 fully saturated rings. The van der Waals surface area contributed by atoms with E-state index in [4.69, 9.17) is 14.2 Å². The van der Waals surface area contributed by atoms with Crippen molar-refractivity contribution in [1.29, 1.82) is 0 Å². The smallest absolute Gasteiger partial charge is 0.410 e. The van der Waals surface area contributed by atoms with Gasteiger partial charge in [-0.2, -0.15) is 0 Å². The van der Waals surface area contributed by atoms with Gasteiger partial charge in [0, 0.05) is 6.54 Å². The maximum absolute atomic E-state index is 12.8. The Morgan fingerprint density at radius 1 is 1.07 bits per heavy atom. The number of benzene rings is 1. The largest absolute Gasteiger partial charge is 0.460 e. The molecule has 0 aromatic heterocycles. The number of esters is 2. The van der Waals surface area contributed by atoms with E-state index < -0.39 is 29.7 Å². The average molecular weight is 408 g/mol. The van der Waals surface area contributed by atoms with E-state index in [2.05, 4.69) is 0 Å². The van der Waals surface area contributed by atoms with Crippen molar-refractivity contribution < 1.29 is 28.6 Å². The van der Waals surface area contributed by atoms with Gasteiger partial charge in [-0.3, -0.25) is 9.69 Å². The van der Waals surface area contributed by atoms with Gasteiger partial charge in [0.1, 0.15) is 18.2 Å². The standard InChI is InChI=1S/C22H33NO6/c1-6-7-11-14-23(21(26)27-5)18(15-19(24)29-22(2,3)4)20(25)28-16-17-12-9-8-10-13-17/h8-10,12-13,18H,6-7,11,14-16H2,1-5H3. The number of carbonyl (C=O) groups excluding carboxylic acids is 3. The zero-order chi connectivity index (χ0) is 21.9. The zero-order valence-corrected chi connectivity index (χ0v) is 18.1. The van der Waals surface area contributed by atoms with E-state index >= 15 is 0 Å². The molecule has 1 aromatic rings.